The summed E-state index contributed by atoms with van der Waals surface area (Å²) in [5.74, 6) is -0.221. The third kappa shape index (κ3) is 1.82. The van der Waals surface area contributed by atoms with Crippen LogP contribution in [0.15, 0.2) is 42.5 Å². The van der Waals surface area contributed by atoms with Crippen molar-refractivity contribution in [2.75, 3.05) is 5.32 Å². The molecule has 2 aromatic rings. The van der Waals surface area contributed by atoms with Gasteiger partial charge in [0.05, 0.1) is 17.7 Å². The molecule has 1 aliphatic rings. The van der Waals surface area contributed by atoms with Gasteiger partial charge in [-0.05, 0) is 41.8 Å². The Kier molecular flexibility index (Phi) is 2.49. The number of nitriles is 1. The number of nitrogens with zero attached hydrogens (tertiary/aromatic N) is 1. The predicted octanol–water partition coefficient (Wildman–Crippen LogP) is 3.41. The van der Waals surface area contributed by atoms with Gasteiger partial charge in [0.15, 0.2) is 0 Å². The highest BCUT2D eigenvalue weighted by atomic mass is 19.1. The minimum atomic E-state index is -0.221. The van der Waals surface area contributed by atoms with Gasteiger partial charge in [0.1, 0.15) is 5.82 Å². The van der Waals surface area contributed by atoms with Crippen LogP contribution in [0.4, 0.5) is 10.1 Å². The summed E-state index contributed by atoms with van der Waals surface area (Å²) in [5.41, 5.74) is 3.92. The molecule has 18 heavy (non-hydrogen) atoms. The second-order valence-electron chi connectivity index (χ2n) is 4.44. The molecule has 0 amide bonds. The lowest BCUT2D eigenvalue weighted by Gasteiger charge is -2.11. The summed E-state index contributed by atoms with van der Waals surface area (Å²) in [5, 5.41) is 12.2. The van der Waals surface area contributed by atoms with Gasteiger partial charge in [0.2, 0.25) is 0 Å². The fraction of sp³-hybridized carbons (Fsp3) is 0.133. The Morgan fingerprint density at radius 2 is 1.94 bits per heavy atom. The third-order valence-electron chi connectivity index (χ3n) is 3.27. The van der Waals surface area contributed by atoms with Crippen LogP contribution in [0.1, 0.15) is 22.7 Å². The first-order valence-electron chi connectivity index (χ1n) is 5.81. The number of halogens is 1. The number of anilines is 1. The normalized spacial score (nSPS) is 16.8. The molecule has 1 atom stereocenters. The molecule has 0 aromatic heterocycles. The molecule has 1 unspecified atom stereocenters. The van der Waals surface area contributed by atoms with Crippen LogP contribution in [-0.2, 0) is 6.42 Å². The van der Waals surface area contributed by atoms with E-state index in [9.17, 15) is 4.39 Å². The van der Waals surface area contributed by atoms with Crippen molar-refractivity contribution in [3.8, 4) is 6.07 Å². The zero-order valence-electron chi connectivity index (χ0n) is 9.65. The average Bonchev–Trinajstić information content (AvgIpc) is 2.82. The summed E-state index contributed by atoms with van der Waals surface area (Å²) < 4.78 is 12.9. The molecule has 0 bridgehead atoms. The van der Waals surface area contributed by atoms with E-state index in [1.807, 2.05) is 18.2 Å². The number of rotatable bonds is 1. The summed E-state index contributed by atoms with van der Waals surface area (Å²) in [7, 11) is 0. The zero-order chi connectivity index (χ0) is 12.5. The van der Waals surface area contributed by atoms with E-state index < -0.39 is 0 Å². The largest absolute Gasteiger partial charge is 0.378 e. The molecule has 1 heterocycles. The second kappa shape index (κ2) is 4.15. The predicted molar refractivity (Wildman–Crippen MR) is 67.6 cm³/mol. The Bertz CT molecular complexity index is 626. The van der Waals surface area contributed by atoms with Crippen LogP contribution < -0.4 is 5.32 Å². The van der Waals surface area contributed by atoms with Crippen molar-refractivity contribution in [2.45, 2.75) is 12.5 Å². The van der Waals surface area contributed by atoms with Crippen LogP contribution in [0.25, 0.3) is 0 Å². The molecule has 2 nitrogen and oxygen atoms in total. The smallest absolute Gasteiger partial charge is 0.123 e. The number of hydrogen-bond donors (Lipinski definition) is 1. The zero-order valence-corrected chi connectivity index (χ0v) is 9.65. The van der Waals surface area contributed by atoms with Crippen LogP contribution >= 0.6 is 0 Å². The van der Waals surface area contributed by atoms with E-state index >= 15 is 0 Å². The first-order valence-corrected chi connectivity index (χ1v) is 5.81. The molecule has 0 saturated carbocycles. The fourth-order valence-corrected chi connectivity index (χ4v) is 2.31. The summed E-state index contributed by atoms with van der Waals surface area (Å²) >= 11 is 0. The van der Waals surface area contributed by atoms with Gasteiger partial charge in [-0.1, -0.05) is 18.2 Å². The number of nitrogens with one attached hydrogen (secondary N) is 1. The van der Waals surface area contributed by atoms with E-state index in [1.54, 1.807) is 12.1 Å². The minimum absolute atomic E-state index is 0.162. The highest BCUT2D eigenvalue weighted by molar-refractivity contribution is 5.61. The van der Waals surface area contributed by atoms with Gasteiger partial charge in [-0.15, -0.1) is 0 Å². The Labute approximate surface area is 105 Å². The van der Waals surface area contributed by atoms with Gasteiger partial charge in [-0.3, -0.25) is 0 Å². The maximum Gasteiger partial charge on any atom is 0.123 e. The SMILES string of the molecule is N#Cc1ccc2c(c1)NC(c1ccc(F)cc1)C2. The van der Waals surface area contributed by atoms with E-state index in [-0.39, 0.29) is 11.9 Å². The van der Waals surface area contributed by atoms with E-state index in [2.05, 4.69) is 11.4 Å². The van der Waals surface area contributed by atoms with Crippen molar-refractivity contribution >= 4 is 5.69 Å². The molecule has 88 valence electrons. The third-order valence-corrected chi connectivity index (χ3v) is 3.27. The Morgan fingerprint density at radius 3 is 2.67 bits per heavy atom. The van der Waals surface area contributed by atoms with Gasteiger partial charge in [-0.2, -0.15) is 5.26 Å². The summed E-state index contributed by atoms with van der Waals surface area (Å²) in [4.78, 5) is 0. The summed E-state index contributed by atoms with van der Waals surface area (Å²) in [6, 6.07) is 14.5. The highest BCUT2D eigenvalue weighted by Crippen LogP contribution is 2.34. The van der Waals surface area contributed by atoms with E-state index in [1.165, 1.54) is 17.7 Å². The van der Waals surface area contributed by atoms with E-state index in [4.69, 9.17) is 5.26 Å². The van der Waals surface area contributed by atoms with Crippen LogP contribution in [0, 0.1) is 17.1 Å². The molecule has 1 N–H and O–H groups in total. The monoisotopic (exact) mass is 238 g/mol. The summed E-state index contributed by atoms with van der Waals surface area (Å²) in [6.45, 7) is 0. The molecular formula is C15H11FN2. The lowest BCUT2D eigenvalue weighted by molar-refractivity contribution is 0.626. The van der Waals surface area contributed by atoms with Gasteiger partial charge in [0.25, 0.3) is 0 Å². The van der Waals surface area contributed by atoms with Crippen molar-refractivity contribution in [3.63, 3.8) is 0 Å². The molecule has 0 fully saturated rings. The van der Waals surface area contributed by atoms with Crippen LogP contribution in [0.2, 0.25) is 0 Å². The average molecular weight is 238 g/mol. The molecular weight excluding hydrogens is 227 g/mol. The minimum Gasteiger partial charge on any atom is -0.378 e. The maximum atomic E-state index is 12.9. The van der Waals surface area contributed by atoms with Crippen molar-refractivity contribution in [1.82, 2.24) is 0 Å². The molecule has 2 aromatic carbocycles. The van der Waals surface area contributed by atoms with E-state index in [0.717, 1.165) is 17.7 Å². The van der Waals surface area contributed by atoms with Gasteiger partial charge >= 0.3 is 0 Å². The van der Waals surface area contributed by atoms with Gasteiger partial charge in [0, 0.05) is 5.69 Å². The van der Waals surface area contributed by atoms with E-state index in [0.29, 0.717) is 5.56 Å². The molecule has 0 saturated heterocycles. The quantitative estimate of drug-likeness (QED) is 0.826. The first kappa shape index (κ1) is 10.8. The molecule has 1 aliphatic heterocycles. The van der Waals surface area contributed by atoms with Crippen molar-refractivity contribution in [3.05, 3.63) is 65.0 Å². The van der Waals surface area contributed by atoms with Crippen molar-refractivity contribution < 1.29 is 4.39 Å². The second-order valence-corrected chi connectivity index (χ2v) is 4.44. The Hall–Kier alpha value is -2.34. The lowest BCUT2D eigenvalue weighted by atomic mass is 10.0. The maximum absolute atomic E-state index is 12.9. The molecule has 0 spiro atoms. The van der Waals surface area contributed by atoms with Gasteiger partial charge in [-0.25, -0.2) is 4.39 Å². The van der Waals surface area contributed by atoms with Gasteiger partial charge < -0.3 is 5.32 Å². The number of benzene rings is 2. The standard InChI is InChI=1S/C15H11FN2/c16-13-5-3-11(4-6-13)15-8-12-2-1-10(9-17)7-14(12)18-15/h1-7,15,18H,8H2. The summed E-state index contributed by atoms with van der Waals surface area (Å²) in [6.07, 6.45) is 0.868. The van der Waals surface area contributed by atoms with Crippen molar-refractivity contribution in [1.29, 1.82) is 5.26 Å². The van der Waals surface area contributed by atoms with Crippen LogP contribution in [0.3, 0.4) is 0 Å². The molecule has 0 aliphatic carbocycles. The first-order chi connectivity index (χ1) is 8.76. The van der Waals surface area contributed by atoms with Crippen LogP contribution in [-0.4, -0.2) is 0 Å². The lowest BCUT2D eigenvalue weighted by Crippen LogP contribution is -2.05. The highest BCUT2D eigenvalue weighted by Gasteiger charge is 2.21. The number of hydrogen-bond acceptors (Lipinski definition) is 2. The molecule has 3 rings (SSSR count). The Balaban J connectivity index is 1.89. The molecule has 0 radical (unpaired) electrons. The topological polar surface area (TPSA) is 35.8 Å². The fourth-order valence-electron chi connectivity index (χ4n) is 2.31. The Morgan fingerprint density at radius 1 is 1.17 bits per heavy atom. The van der Waals surface area contributed by atoms with Crippen LogP contribution in [0.5, 0.6) is 0 Å². The van der Waals surface area contributed by atoms with Crippen molar-refractivity contribution in [2.24, 2.45) is 0 Å². The number of fused-ring (bicyclic) bond motifs is 1. The molecule has 3 heteroatoms.